The molecule has 0 spiro atoms. The lowest BCUT2D eigenvalue weighted by Crippen LogP contribution is -2.42. The molecule has 3 amide bonds. The minimum Gasteiger partial charge on any atom is -0.496 e. The second-order valence-electron chi connectivity index (χ2n) is 8.94. The summed E-state index contributed by atoms with van der Waals surface area (Å²) in [6.07, 6.45) is 0.600. The second-order valence-corrected chi connectivity index (χ2v) is 8.94. The third kappa shape index (κ3) is 4.36. The number of cyclic esters (lactones) is 1. The van der Waals surface area contributed by atoms with Gasteiger partial charge in [-0.15, -0.1) is 0 Å². The number of fused-ring (bicyclic) bond motifs is 2. The van der Waals surface area contributed by atoms with Gasteiger partial charge in [-0.25, -0.2) is 4.79 Å². The lowest BCUT2D eigenvalue weighted by molar-refractivity contribution is -0.131. The first kappa shape index (κ1) is 22.9. The number of rotatable bonds is 4. The molecule has 184 valence electrons. The molecule has 3 aliphatic heterocycles. The van der Waals surface area contributed by atoms with E-state index in [9.17, 15) is 19.2 Å². The first-order valence-corrected chi connectivity index (χ1v) is 11.8. The van der Waals surface area contributed by atoms with Crippen molar-refractivity contribution in [2.24, 2.45) is 0 Å². The Balaban J connectivity index is 1.40. The quantitative estimate of drug-likeness (QED) is 0.644. The normalized spacial score (nSPS) is 17.4. The van der Waals surface area contributed by atoms with E-state index in [1.165, 1.54) is 23.6 Å². The van der Waals surface area contributed by atoms with Crippen molar-refractivity contribution in [3.63, 3.8) is 0 Å². The smallest absolute Gasteiger partial charge is 0.410 e. The van der Waals surface area contributed by atoms with Crippen LogP contribution in [0.1, 0.15) is 27.2 Å². The maximum Gasteiger partial charge on any atom is 0.410 e. The molecule has 3 aliphatic rings. The molecule has 0 unspecified atom stereocenters. The standard InChI is InChI=1S/C25H28N4O6/c1-34-20-14-21(30)29-11-10-26(22(31)16-28-12-13-35-25(28)33)9-7-19(29)23(20)24(32)27-8-6-17-4-2-3-5-18(17)15-27/h2-5,14H,6-13,15-16H2,1H3. The highest BCUT2D eigenvalue weighted by Gasteiger charge is 2.32. The van der Waals surface area contributed by atoms with E-state index in [-0.39, 0.29) is 42.8 Å². The van der Waals surface area contributed by atoms with Crippen LogP contribution < -0.4 is 10.3 Å². The van der Waals surface area contributed by atoms with Gasteiger partial charge in [-0.05, 0) is 17.5 Å². The van der Waals surface area contributed by atoms with Crippen LogP contribution >= 0.6 is 0 Å². The van der Waals surface area contributed by atoms with E-state index in [1.807, 2.05) is 18.2 Å². The fourth-order valence-corrected chi connectivity index (χ4v) is 5.05. The Hall–Kier alpha value is -3.82. The number of methoxy groups -OCH3 is 1. The molecule has 1 saturated heterocycles. The van der Waals surface area contributed by atoms with Gasteiger partial charge < -0.3 is 23.8 Å². The van der Waals surface area contributed by atoms with Gasteiger partial charge in [0.25, 0.3) is 11.5 Å². The summed E-state index contributed by atoms with van der Waals surface area (Å²) in [5.74, 6) is -0.137. The van der Waals surface area contributed by atoms with Crippen LogP contribution in [-0.2, 0) is 35.5 Å². The van der Waals surface area contributed by atoms with Crippen LogP contribution in [-0.4, -0.2) is 83.6 Å². The number of carbonyl (C=O) groups excluding carboxylic acids is 3. The number of pyridine rings is 1. The predicted molar refractivity (Wildman–Crippen MR) is 125 cm³/mol. The van der Waals surface area contributed by atoms with Gasteiger partial charge in [0.05, 0.1) is 13.7 Å². The molecule has 35 heavy (non-hydrogen) atoms. The summed E-state index contributed by atoms with van der Waals surface area (Å²) in [4.78, 5) is 56.1. The topological polar surface area (TPSA) is 101 Å². The number of amides is 3. The van der Waals surface area contributed by atoms with E-state index < -0.39 is 6.09 Å². The maximum absolute atomic E-state index is 13.8. The van der Waals surface area contributed by atoms with E-state index in [0.29, 0.717) is 50.4 Å². The number of benzene rings is 1. The van der Waals surface area contributed by atoms with E-state index in [4.69, 9.17) is 9.47 Å². The Labute approximate surface area is 202 Å². The van der Waals surface area contributed by atoms with Gasteiger partial charge in [0.15, 0.2) is 0 Å². The summed E-state index contributed by atoms with van der Waals surface area (Å²) in [6, 6.07) is 9.44. The number of hydrogen-bond donors (Lipinski definition) is 0. The van der Waals surface area contributed by atoms with Crippen molar-refractivity contribution in [3.8, 4) is 5.75 Å². The van der Waals surface area contributed by atoms with E-state index >= 15 is 0 Å². The number of ether oxygens (including phenoxy) is 2. The summed E-state index contributed by atoms with van der Waals surface area (Å²) >= 11 is 0. The van der Waals surface area contributed by atoms with Gasteiger partial charge in [-0.3, -0.25) is 19.3 Å². The van der Waals surface area contributed by atoms with Crippen molar-refractivity contribution in [1.82, 2.24) is 19.3 Å². The largest absolute Gasteiger partial charge is 0.496 e. The fourth-order valence-electron chi connectivity index (χ4n) is 5.05. The third-order valence-corrected chi connectivity index (χ3v) is 6.97. The lowest BCUT2D eigenvalue weighted by Gasteiger charge is -2.30. The van der Waals surface area contributed by atoms with E-state index in [2.05, 4.69) is 6.07 Å². The molecule has 10 heteroatoms. The van der Waals surface area contributed by atoms with Gasteiger partial charge >= 0.3 is 6.09 Å². The predicted octanol–water partition coefficient (Wildman–Crippen LogP) is 0.892. The van der Waals surface area contributed by atoms with Crippen molar-refractivity contribution in [2.45, 2.75) is 25.9 Å². The molecule has 0 aliphatic carbocycles. The first-order valence-electron chi connectivity index (χ1n) is 11.8. The molecule has 0 saturated carbocycles. The monoisotopic (exact) mass is 480 g/mol. The van der Waals surface area contributed by atoms with Gasteiger partial charge in [-0.2, -0.15) is 0 Å². The molecule has 2 aromatic rings. The molecule has 1 fully saturated rings. The number of aromatic nitrogens is 1. The van der Waals surface area contributed by atoms with Crippen molar-refractivity contribution >= 4 is 17.9 Å². The molecule has 4 heterocycles. The fraction of sp³-hybridized carbons (Fsp3) is 0.440. The van der Waals surface area contributed by atoms with Crippen LogP contribution in [0.3, 0.4) is 0 Å². The zero-order valence-corrected chi connectivity index (χ0v) is 19.7. The van der Waals surface area contributed by atoms with Crippen molar-refractivity contribution in [2.75, 3.05) is 46.4 Å². The summed E-state index contributed by atoms with van der Waals surface area (Å²) in [5.41, 5.74) is 3.04. The summed E-state index contributed by atoms with van der Waals surface area (Å²) in [7, 11) is 1.45. The molecule has 0 bridgehead atoms. The average Bonchev–Trinajstić information content (AvgIpc) is 3.13. The summed E-state index contributed by atoms with van der Waals surface area (Å²) in [6.45, 7) is 2.57. The molecular weight excluding hydrogens is 452 g/mol. The van der Waals surface area contributed by atoms with Gasteiger partial charge in [0, 0.05) is 50.9 Å². The number of hydrogen-bond acceptors (Lipinski definition) is 6. The Bertz CT molecular complexity index is 1240. The average molecular weight is 481 g/mol. The molecule has 0 N–H and O–H groups in total. The first-order chi connectivity index (χ1) is 17.0. The molecule has 10 nitrogen and oxygen atoms in total. The lowest BCUT2D eigenvalue weighted by atomic mass is 9.98. The van der Waals surface area contributed by atoms with Crippen LogP contribution in [0.25, 0.3) is 0 Å². The molecule has 0 atom stereocenters. The van der Waals surface area contributed by atoms with Crippen molar-refractivity contribution in [1.29, 1.82) is 0 Å². The van der Waals surface area contributed by atoms with Crippen molar-refractivity contribution < 1.29 is 23.9 Å². The minimum absolute atomic E-state index is 0.0631. The maximum atomic E-state index is 13.8. The summed E-state index contributed by atoms with van der Waals surface area (Å²) in [5, 5.41) is 0. The van der Waals surface area contributed by atoms with E-state index in [0.717, 1.165) is 12.0 Å². The van der Waals surface area contributed by atoms with Crippen LogP contribution in [0.15, 0.2) is 35.1 Å². The SMILES string of the molecule is COc1cc(=O)n2c(c1C(=O)N1CCc3ccccc3C1)CCN(C(=O)CN1CCOC1=O)CC2. The Morgan fingerprint density at radius 2 is 1.74 bits per heavy atom. The van der Waals surface area contributed by atoms with Gasteiger partial charge in [0.2, 0.25) is 5.91 Å². The second kappa shape index (κ2) is 9.44. The molecule has 1 aromatic heterocycles. The van der Waals surface area contributed by atoms with Gasteiger partial charge in [0.1, 0.15) is 24.5 Å². The summed E-state index contributed by atoms with van der Waals surface area (Å²) < 4.78 is 12.0. The van der Waals surface area contributed by atoms with Gasteiger partial charge in [-0.1, -0.05) is 24.3 Å². The van der Waals surface area contributed by atoms with Crippen LogP contribution in [0.5, 0.6) is 5.75 Å². The molecule has 0 radical (unpaired) electrons. The van der Waals surface area contributed by atoms with Crippen molar-refractivity contribution in [3.05, 3.63) is 63.1 Å². The van der Waals surface area contributed by atoms with Crippen LogP contribution in [0, 0.1) is 0 Å². The Morgan fingerprint density at radius 3 is 2.49 bits per heavy atom. The van der Waals surface area contributed by atoms with Crippen LogP contribution in [0.2, 0.25) is 0 Å². The third-order valence-electron chi connectivity index (χ3n) is 6.97. The highest BCUT2D eigenvalue weighted by molar-refractivity contribution is 5.98. The Morgan fingerprint density at radius 1 is 0.971 bits per heavy atom. The molecule has 5 rings (SSSR count). The van der Waals surface area contributed by atoms with E-state index in [1.54, 1.807) is 14.4 Å². The molecular formula is C25H28N4O6. The zero-order chi connectivity index (χ0) is 24.5. The van der Waals surface area contributed by atoms with Crippen LogP contribution in [0.4, 0.5) is 4.79 Å². The number of carbonyl (C=O) groups is 3. The minimum atomic E-state index is -0.492. The zero-order valence-electron chi connectivity index (χ0n) is 19.7. The number of nitrogens with zero attached hydrogens (tertiary/aromatic N) is 4. The highest BCUT2D eigenvalue weighted by Crippen LogP contribution is 2.27. The Kier molecular flexibility index (Phi) is 6.19. The molecule has 1 aromatic carbocycles. The highest BCUT2D eigenvalue weighted by atomic mass is 16.6.